The lowest BCUT2D eigenvalue weighted by Gasteiger charge is -2.35. The molecule has 1 unspecified atom stereocenters. The van der Waals surface area contributed by atoms with E-state index in [4.69, 9.17) is 4.74 Å². The van der Waals surface area contributed by atoms with Crippen molar-refractivity contribution in [2.24, 2.45) is 0 Å². The molecule has 1 aliphatic rings. The number of hydrogen-bond acceptors (Lipinski definition) is 6. The SMILES string of the molecule is COc1ccsc1C(c1nnnn1C(C)(C)C)N1CCc2ccccc2C1. The molecule has 0 fully saturated rings. The van der Waals surface area contributed by atoms with Gasteiger partial charge in [0.2, 0.25) is 0 Å². The molecule has 0 bridgehead atoms. The highest BCUT2D eigenvalue weighted by molar-refractivity contribution is 7.10. The summed E-state index contributed by atoms with van der Waals surface area (Å²) in [5, 5.41) is 14.9. The van der Waals surface area contributed by atoms with Crippen LogP contribution in [-0.2, 0) is 18.5 Å². The van der Waals surface area contributed by atoms with Gasteiger partial charge in [0.15, 0.2) is 5.82 Å². The fraction of sp³-hybridized carbons (Fsp3) is 0.450. The number of thiophene rings is 1. The summed E-state index contributed by atoms with van der Waals surface area (Å²) in [6.45, 7) is 8.21. The molecular weight excluding hydrogens is 358 g/mol. The quantitative estimate of drug-likeness (QED) is 0.688. The fourth-order valence-electron chi connectivity index (χ4n) is 3.70. The first kappa shape index (κ1) is 18.1. The van der Waals surface area contributed by atoms with Gasteiger partial charge in [-0.05, 0) is 60.2 Å². The molecule has 0 aliphatic carbocycles. The molecule has 27 heavy (non-hydrogen) atoms. The Bertz CT molecular complexity index is 926. The van der Waals surface area contributed by atoms with E-state index >= 15 is 0 Å². The third-order valence-corrected chi connectivity index (χ3v) is 5.98. The van der Waals surface area contributed by atoms with E-state index in [9.17, 15) is 0 Å². The molecule has 1 aliphatic heterocycles. The Kier molecular flexibility index (Phi) is 4.74. The monoisotopic (exact) mass is 383 g/mol. The van der Waals surface area contributed by atoms with Crippen molar-refractivity contribution in [3.63, 3.8) is 0 Å². The van der Waals surface area contributed by atoms with E-state index in [2.05, 4.69) is 70.8 Å². The van der Waals surface area contributed by atoms with Crippen LogP contribution in [0.25, 0.3) is 0 Å². The summed E-state index contributed by atoms with van der Waals surface area (Å²) in [5.74, 6) is 1.76. The van der Waals surface area contributed by atoms with Crippen LogP contribution in [0.4, 0.5) is 0 Å². The van der Waals surface area contributed by atoms with Gasteiger partial charge in [0.05, 0.1) is 17.5 Å². The number of methoxy groups -OCH3 is 1. The van der Waals surface area contributed by atoms with Crippen LogP contribution in [0.3, 0.4) is 0 Å². The standard InChI is InChI=1S/C20H25N5OS/c1-20(2,3)25-19(21-22-23-25)17(18-16(26-4)10-12-27-18)24-11-9-14-7-5-6-8-15(14)13-24/h5-8,10,12,17H,9,11,13H2,1-4H3. The van der Waals surface area contributed by atoms with Crippen molar-refractivity contribution < 1.29 is 4.74 Å². The zero-order chi connectivity index (χ0) is 19.0. The summed E-state index contributed by atoms with van der Waals surface area (Å²) in [7, 11) is 1.72. The maximum atomic E-state index is 5.66. The smallest absolute Gasteiger partial charge is 0.174 e. The number of rotatable bonds is 4. The van der Waals surface area contributed by atoms with Gasteiger partial charge >= 0.3 is 0 Å². The van der Waals surface area contributed by atoms with Gasteiger partial charge < -0.3 is 4.74 Å². The summed E-state index contributed by atoms with van der Waals surface area (Å²) in [6.07, 6.45) is 1.03. The normalized spacial score (nSPS) is 16.1. The highest BCUT2D eigenvalue weighted by Crippen LogP contribution is 2.40. The van der Waals surface area contributed by atoms with E-state index in [0.717, 1.165) is 36.0 Å². The van der Waals surface area contributed by atoms with Gasteiger partial charge in [-0.1, -0.05) is 24.3 Å². The Hall–Kier alpha value is -2.25. The molecule has 0 radical (unpaired) electrons. The van der Waals surface area contributed by atoms with Crippen LogP contribution in [0.2, 0.25) is 0 Å². The predicted octanol–water partition coefficient (Wildman–Crippen LogP) is 3.65. The van der Waals surface area contributed by atoms with E-state index in [1.54, 1.807) is 18.4 Å². The molecule has 0 N–H and O–H groups in total. The third-order valence-electron chi connectivity index (χ3n) is 5.02. The van der Waals surface area contributed by atoms with Gasteiger partial charge in [-0.3, -0.25) is 4.90 Å². The number of hydrogen-bond donors (Lipinski definition) is 0. The number of nitrogens with zero attached hydrogens (tertiary/aromatic N) is 5. The minimum Gasteiger partial charge on any atom is -0.496 e. The summed E-state index contributed by atoms with van der Waals surface area (Å²) in [6, 6.07) is 10.7. The topological polar surface area (TPSA) is 56.1 Å². The molecule has 7 heteroatoms. The Morgan fingerprint density at radius 1 is 1.15 bits per heavy atom. The maximum Gasteiger partial charge on any atom is 0.174 e. The average Bonchev–Trinajstić information content (AvgIpc) is 3.31. The summed E-state index contributed by atoms with van der Waals surface area (Å²) in [4.78, 5) is 3.61. The molecule has 1 aromatic carbocycles. The molecule has 4 rings (SSSR count). The molecule has 3 aromatic rings. The van der Waals surface area contributed by atoms with Gasteiger partial charge in [0.25, 0.3) is 0 Å². The first-order valence-corrected chi connectivity index (χ1v) is 10.1. The Labute approximate surface area is 163 Å². The highest BCUT2D eigenvalue weighted by atomic mass is 32.1. The second-order valence-corrected chi connectivity index (χ2v) is 8.81. The predicted molar refractivity (Wildman–Crippen MR) is 106 cm³/mol. The largest absolute Gasteiger partial charge is 0.496 e. The summed E-state index contributed by atoms with van der Waals surface area (Å²) in [5.41, 5.74) is 2.61. The van der Waals surface area contributed by atoms with Gasteiger partial charge in [-0.2, -0.15) is 0 Å². The van der Waals surface area contributed by atoms with Crippen LogP contribution in [0.15, 0.2) is 35.7 Å². The summed E-state index contributed by atoms with van der Waals surface area (Å²) < 4.78 is 7.60. The van der Waals surface area contributed by atoms with Crippen molar-refractivity contribution in [2.45, 2.75) is 45.3 Å². The van der Waals surface area contributed by atoms with Gasteiger partial charge in [0.1, 0.15) is 11.8 Å². The molecule has 3 heterocycles. The summed E-state index contributed by atoms with van der Waals surface area (Å²) >= 11 is 1.70. The van der Waals surface area contributed by atoms with E-state index < -0.39 is 0 Å². The lowest BCUT2D eigenvalue weighted by atomic mass is 9.97. The maximum absolute atomic E-state index is 5.66. The van der Waals surface area contributed by atoms with Crippen molar-refractivity contribution in [1.82, 2.24) is 25.1 Å². The molecule has 2 aromatic heterocycles. The van der Waals surface area contributed by atoms with Crippen molar-refractivity contribution in [2.75, 3.05) is 13.7 Å². The van der Waals surface area contributed by atoms with Crippen LogP contribution in [0, 0.1) is 0 Å². The Morgan fingerprint density at radius 2 is 1.93 bits per heavy atom. The Balaban J connectivity index is 1.80. The molecule has 6 nitrogen and oxygen atoms in total. The third kappa shape index (κ3) is 3.37. The lowest BCUT2D eigenvalue weighted by molar-refractivity contribution is 0.185. The number of aromatic nitrogens is 4. The molecule has 0 saturated heterocycles. The fourth-order valence-corrected chi connectivity index (χ4v) is 4.69. The second kappa shape index (κ2) is 7.05. The first-order chi connectivity index (χ1) is 13.0. The van der Waals surface area contributed by atoms with Crippen molar-refractivity contribution in [3.8, 4) is 5.75 Å². The molecular formula is C20H25N5OS. The average molecular weight is 384 g/mol. The van der Waals surface area contributed by atoms with Gasteiger partial charge in [-0.25, -0.2) is 4.68 Å². The van der Waals surface area contributed by atoms with Crippen LogP contribution in [-0.4, -0.2) is 38.8 Å². The zero-order valence-corrected chi connectivity index (χ0v) is 17.0. The van der Waals surface area contributed by atoms with Crippen LogP contribution >= 0.6 is 11.3 Å². The van der Waals surface area contributed by atoms with E-state index in [-0.39, 0.29) is 11.6 Å². The number of fused-ring (bicyclic) bond motifs is 1. The zero-order valence-electron chi connectivity index (χ0n) is 16.2. The van der Waals surface area contributed by atoms with Crippen LogP contribution < -0.4 is 4.74 Å². The van der Waals surface area contributed by atoms with Crippen molar-refractivity contribution in [1.29, 1.82) is 0 Å². The second-order valence-electron chi connectivity index (χ2n) is 7.86. The van der Waals surface area contributed by atoms with E-state index in [0.29, 0.717) is 0 Å². The number of benzene rings is 1. The molecule has 0 spiro atoms. The van der Waals surface area contributed by atoms with Crippen molar-refractivity contribution in [3.05, 3.63) is 57.5 Å². The van der Waals surface area contributed by atoms with Crippen LogP contribution in [0.5, 0.6) is 5.75 Å². The van der Waals surface area contributed by atoms with Gasteiger partial charge in [0, 0.05) is 13.1 Å². The number of tetrazole rings is 1. The molecule has 0 amide bonds. The van der Waals surface area contributed by atoms with E-state index in [1.165, 1.54) is 11.1 Å². The minimum absolute atomic E-state index is 0.0393. The Morgan fingerprint density at radius 3 is 2.67 bits per heavy atom. The number of ether oxygens (including phenoxy) is 1. The highest BCUT2D eigenvalue weighted by Gasteiger charge is 2.35. The van der Waals surface area contributed by atoms with Crippen LogP contribution in [0.1, 0.15) is 48.6 Å². The van der Waals surface area contributed by atoms with Gasteiger partial charge in [-0.15, -0.1) is 16.4 Å². The van der Waals surface area contributed by atoms with E-state index in [1.807, 2.05) is 10.7 Å². The molecule has 0 saturated carbocycles. The lowest BCUT2D eigenvalue weighted by Crippen LogP contribution is -2.38. The molecule has 1 atom stereocenters. The van der Waals surface area contributed by atoms with Crippen molar-refractivity contribution >= 4 is 11.3 Å². The first-order valence-electron chi connectivity index (χ1n) is 9.20. The molecule has 142 valence electrons. The minimum atomic E-state index is -0.199.